The van der Waals surface area contributed by atoms with Gasteiger partial charge in [0.2, 0.25) is 0 Å². The van der Waals surface area contributed by atoms with Gasteiger partial charge in [0.1, 0.15) is 0 Å². The van der Waals surface area contributed by atoms with Gasteiger partial charge in [0, 0.05) is 26.2 Å². The monoisotopic (exact) mass is 260 g/mol. The molecule has 80 valence electrons. The van der Waals surface area contributed by atoms with Gasteiger partial charge in [-0.05, 0) is 25.1 Å². The molecule has 0 saturated carbocycles. The number of benzene rings is 1. The van der Waals surface area contributed by atoms with Crippen LogP contribution in [0.1, 0.15) is 4.88 Å². The maximum Gasteiger partial charge on any atom is 0.177 e. The molecule has 1 heterocycles. The predicted molar refractivity (Wildman–Crippen MR) is 64.7 cm³/mol. The summed E-state index contributed by atoms with van der Waals surface area (Å²) in [6, 6.07) is 5.33. The first-order chi connectivity index (χ1) is 6.89. The summed E-state index contributed by atoms with van der Waals surface area (Å²) < 4.78 is 24.2. The van der Waals surface area contributed by atoms with Crippen molar-refractivity contribution in [2.75, 3.05) is 6.26 Å². The molecule has 0 unspecified atom stereocenters. The number of halogens is 1. The van der Waals surface area contributed by atoms with E-state index in [9.17, 15) is 8.42 Å². The third kappa shape index (κ3) is 1.89. The Balaban J connectivity index is 2.95. The molecule has 0 N–H and O–H groups in total. The molecule has 5 heteroatoms. The summed E-state index contributed by atoms with van der Waals surface area (Å²) in [5.74, 6) is 0. The highest BCUT2D eigenvalue weighted by Crippen LogP contribution is 2.35. The standard InChI is InChI=1S/C10H9ClO2S2/c1-6-10(15(2,12)13)8-5-7(11)3-4-9(8)14-6/h3-5H,1-2H3. The van der Waals surface area contributed by atoms with Crippen LogP contribution in [0.5, 0.6) is 0 Å². The molecule has 0 bridgehead atoms. The third-order valence-corrected chi connectivity index (χ3v) is 4.86. The zero-order chi connectivity index (χ0) is 11.2. The van der Waals surface area contributed by atoms with Gasteiger partial charge in [-0.3, -0.25) is 0 Å². The SMILES string of the molecule is Cc1sc2ccc(Cl)cc2c1S(C)(=O)=O. The van der Waals surface area contributed by atoms with Gasteiger partial charge in [0.25, 0.3) is 0 Å². The zero-order valence-electron chi connectivity index (χ0n) is 8.24. The Morgan fingerprint density at radius 2 is 2.00 bits per heavy atom. The van der Waals surface area contributed by atoms with Gasteiger partial charge in [0.05, 0.1) is 4.90 Å². The van der Waals surface area contributed by atoms with Crippen molar-refractivity contribution < 1.29 is 8.42 Å². The Morgan fingerprint density at radius 3 is 2.60 bits per heavy atom. The molecule has 0 aliphatic carbocycles. The van der Waals surface area contributed by atoms with Crippen molar-refractivity contribution in [1.82, 2.24) is 0 Å². The van der Waals surface area contributed by atoms with Crippen LogP contribution in [-0.4, -0.2) is 14.7 Å². The molecule has 2 nitrogen and oxygen atoms in total. The Kier molecular flexibility index (Phi) is 2.53. The smallest absolute Gasteiger partial charge is 0.177 e. The molecular formula is C10H9ClO2S2. The van der Waals surface area contributed by atoms with Gasteiger partial charge in [0.15, 0.2) is 9.84 Å². The van der Waals surface area contributed by atoms with E-state index in [4.69, 9.17) is 11.6 Å². The minimum Gasteiger partial charge on any atom is -0.224 e. The van der Waals surface area contributed by atoms with Gasteiger partial charge in [-0.1, -0.05) is 11.6 Å². The second kappa shape index (κ2) is 3.47. The Bertz CT molecular complexity index is 626. The normalized spacial score (nSPS) is 12.2. The number of thiophene rings is 1. The van der Waals surface area contributed by atoms with E-state index in [0.29, 0.717) is 9.92 Å². The van der Waals surface area contributed by atoms with Gasteiger partial charge in [-0.15, -0.1) is 11.3 Å². The Hall–Kier alpha value is -0.580. The van der Waals surface area contributed by atoms with Crippen LogP contribution in [0.2, 0.25) is 5.02 Å². The third-order valence-electron chi connectivity index (χ3n) is 2.14. The number of aryl methyl sites for hydroxylation is 1. The van der Waals surface area contributed by atoms with E-state index in [1.165, 1.54) is 17.6 Å². The number of hydrogen-bond donors (Lipinski definition) is 0. The lowest BCUT2D eigenvalue weighted by molar-refractivity contribution is 0.602. The molecule has 0 saturated heterocycles. The zero-order valence-corrected chi connectivity index (χ0v) is 10.6. The van der Waals surface area contributed by atoms with Crippen molar-refractivity contribution in [2.45, 2.75) is 11.8 Å². The first-order valence-electron chi connectivity index (χ1n) is 4.28. The fourth-order valence-corrected chi connectivity index (χ4v) is 4.48. The van der Waals surface area contributed by atoms with Crippen molar-refractivity contribution in [3.63, 3.8) is 0 Å². The fraction of sp³-hybridized carbons (Fsp3) is 0.200. The van der Waals surface area contributed by atoms with E-state index in [1.54, 1.807) is 12.1 Å². The second-order valence-corrected chi connectivity index (χ2v) is 7.05. The summed E-state index contributed by atoms with van der Waals surface area (Å²) >= 11 is 7.34. The summed E-state index contributed by atoms with van der Waals surface area (Å²) in [5.41, 5.74) is 0. The lowest BCUT2D eigenvalue weighted by Gasteiger charge is -1.98. The van der Waals surface area contributed by atoms with Crippen LogP contribution in [-0.2, 0) is 9.84 Å². The van der Waals surface area contributed by atoms with Crippen LogP contribution in [0.15, 0.2) is 23.1 Å². The molecule has 2 aromatic rings. The van der Waals surface area contributed by atoms with Crippen LogP contribution in [0.25, 0.3) is 10.1 Å². The Morgan fingerprint density at radius 1 is 1.33 bits per heavy atom. The summed E-state index contributed by atoms with van der Waals surface area (Å²) in [5, 5.41) is 1.29. The largest absolute Gasteiger partial charge is 0.224 e. The molecule has 0 aliphatic rings. The van der Waals surface area contributed by atoms with Crippen molar-refractivity contribution in [2.24, 2.45) is 0 Å². The number of hydrogen-bond acceptors (Lipinski definition) is 3. The Labute approximate surface area is 97.4 Å². The van der Waals surface area contributed by atoms with Crippen molar-refractivity contribution in [3.05, 3.63) is 28.1 Å². The van der Waals surface area contributed by atoms with Crippen LogP contribution in [0.3, 0.4) is 0 Å². The lowest BCUT2D eigenvalue weighted by atomic mass is 10.2. The minimum atomic E-state index is -3.18. The molecule has 15 heavy (non-hydrogen) atoms. The lowest BCUT2D eigenvalue weighted by Crippen LogP contribution is -1.97. The quantitative estimate of drug-likeness (QED) is 0.789. The van der Waals surface area contributed by atoms with E-state index in [0.717, 1.165) is 15.0 Å². The molecular weight excluding hydrogens is 252 g/mol. The maximum absolute atomic E-state index is 11.6. The average molecular weight is 261 g/mol. The number of rotatable bonds is 1. The van der Waals surface area contributed by atoms with Crippen molar-refractivity contribution in [1.29, 1.82) is 0 Å². The first-order valence-corrected chi connectivity index (χ1v) is 7.37. The topological polar surface area (TPSA) is 34.1 Å². The highest BCUT2D eigenvalue weighted by Gasteiger charge is 2.18. The second-order valence-electron chi connectivity index (χ2n) is 3.40. The summed E-state index contributed by atoms with van der Waals surface area (Å²) in [6.07, 6.45) is 1.22. The van der Waals surface area contributed by atoms with E-state index in [-0.39, 0.29) is 0 Å². The van der Waals surface area contributed by atoms with Crippen molar-refractivity contribution >= 4 is 42.9 Å². The average Bonchev–Trinajstić information content (AvgIpc) is 2.38. The van der Waals surface area contributed by atoms with Crippen molar-refractivity contribution in [3.8, 4) is 0 Å². The molecule has 0 radical (unpaired) electrons. The van der Waals surface area contributed by atoms with E-state index < -0.39 is 9.84 Å². The molecule has 0 spiro atoms. The minimum absolute atomic E-state index is 0.407. The molecule has 2 rings (SSSR count). The van der Waals surface area contributed by atoms with E-state index in [2.05, 4.69) is 0 Å². The highest BCUT2D eigenvalue weighted by atomic mass is 35.5. The van der Waals surface area contributed by atoms with Crippen LogP contribution in [0, 0.1) is 6.92 Å². The fourth-order valence-electron chi connectivity index (χ4n) is 1.63. The molecule has 1 aromatic carbocycles. The van der Waals surface area contributed by atoms with E-state index >= 15 is 0 Å². The van der Waals surface area contributed by atoms with Gasteiger partial charge in [-0.25, -0.2) is 8.42 Å². The van der Waals surface area contributed by atoms with Gasteiger partial charge >= 0.3 is 0 Å². The summed E-state index contributed by atoms with van der Waals surface area (Å²) in [4.78, 5) is 1.22. The summed E-state index contributed by atoms with van der Waals surface area (Å²) in [7, 11) is -3.18. The van der Waals surface area contributed by atoms with Gasteiger partial charge in [-0.2, -0.15) is 0 Å². The first kappa shape index (κ1) is 10.9. The predicted octanol–water partition coefficient (Wildman–Crippen LogP) is 3.27. The molecule has 0 amide bonds. The van der Waals surface area contributed by atoms with E-state index in [1.807, 2.05) is 13.0 Å². The molecule has 0 fully saturated rings. The maximum atomic E-state index is 11.6. The molecule has 1 aromatic heterocycles. The highest BCUT2D eigenvalue weighted by molar-refractivity contribution is 7.91. The number of fused-ring (bicyclic) bond motifs is 1. The number of sulfone groups is 1. The summed E-state index contributed by atoms with van der Waals surface area (Å²) in [6.45, 7) is 1.81. The van der Waals surface area contributed by atoms with Crippen LogP contribution >= 0.6 is 22.9 Å². The van der Waals surface area contributed by atoms with Crippen LogP contribution in [0.4, 0.5) is 0 Å². The molecule has 0 atom stereocenters. The van der Waals surface area contributed by atoms with Crippen LogP contribution < -0.4 is 0 Å². The molecule has 0 aliphatic heterocycles. The van der Waals surface area contributed by atoms with Gasteiger partial charge < -0.3 is 0 Å².